The fourth-order valence-electron chi connectivity index (χ4n) is 2.15. The predicted molar refractivity (Wildman–Crippen MR) is 75.4 cm³/mol. The number of aryl methyl sites for hydroxylation is 2. The van der Waals surface area contributed by atoms with Gasteiger partial charge in [0.15, 0.2) is 12.4 Å². The van der Waals surface area contributed by atoms with Crippen LogP contribution in [0.3, 0.4) is 0 Å². The Morgan fingerprint density at radius 3 is 1.89 bits per heavy atom. The average molecular weight is 250 g/mol. The highest BCUT2D eigenvalue weighted by molar-refractivity contribution is 5.03. The highest BCUT2D eigenvalue weighted by atomic mass is 16.2. The molecule has 0 saturated heterocycles. The Kier molecular flexibility index (Phi) is 8.49. The van der Waals surface area contributed by atoms with E-state index in [0.29, 0.717) is 6.61 Å². The monoisotopic (exact) mass is 250 g/mol. The summed E-state index contributed by atoms with van der Waals surface area (Å²) in [6, 6.07) is 4.34. The summed E-state index contributed by atoms with van der Waals surface area (Å²) in [5, 5.41) is 8.66. The summed E-state index contributed by atoms with van der Waals surface area (Å²) in [7, 11) is 0. The van der Waals surface area contributed by atoms with Crippen LogP contribution < -0.4 is 4.57 Å². The van der Waals surface area contributed by atoms with E-state index in [4.69, 9.17) is 5.11 Å². The minimum absolute atomic E-state index is 0.355. The van der Waals surface area contributed by atoms with Gasteiger partial charge in [-0.25, -0.2) is 4.57 Å². The van der Waals surface area contributed by atoms with Crippen molar-refractivity contribution in [2.75, 3.05) is 6.61 Å². The van der Waals surface area contributed by atoms with E-state index in [1.54, 1.807) is 0 Å². The van der Waals surface area contributed by atoms with Crippen molar-refractivity contribution in [1.29, 1.82) is 0 Å². The van der Waals surface area contributed by atoms with Gasteiger partial charge in [0.1, 0.15) is 6.54 Å². The van der Waals surface area contributed by atoms with Crippen LogP contribution in [0.15, 0.2) is 24.5 Å². The Hall–Kier alpha value is -0.890. The van der Waals surface area contributed by atoms with E-state index >= 15 is 0 Å². The van der Waals surface area contributed by atoms with Crippen LogP contribution in [0.4, 0.5) is 0 Å². The number of aliphatic hydroxyl groups is 1. The van der Waals surface area contributed by atoms with Gasteiger partial charge in [-0.2, -0.15) is 0 Å². The van der Waals surface area contributed by atoms with Crippen molar-refractivity contribution >= 4 is 0 Å². The summed E-state index contributed by atoms with van der Waals surface area (Å²) in [6.45, 7) is 3.62. The second kappa shape index (κ2) is 10.1. The molecular weight excluding hydrogens is 222 g/mol. The first-order valence-electron chi connectivity index (χ1n) is 7.39. The van der Waals surface area contributed by atoms with E-state index in [0.717, 1.165) is 13.0 Å². The Morgan fingerprint density at radius 1 is 0.833 bits per heavy atom. The fourth-order valence-corrected chi connectivity index (χ4v) is 2.15. The van der Waals surface area contributed by atoms with Crippen molar-refractivity contribution < 1.29 is 9.67 Å². The number of hydrogen-bond donors (Lipinski definition) is 1. The molecule has 0 aliphatic heterocycles. The van der Waals surface area contributed by atoms with Crippen LogP contribution >= 0.6 is 0 Å². The van der Waals surface area contributed by atoms with Gasteiger partial charge >= 0.3 is 0 Å². The number of aromatic nitrogens is 1. The third-order valence-electron chi connectivity index (χ3n) is 3.38. The molecule has 0 unspecified atom stereocenters. The Morgan fingerprint density at radius 2 is 1.33 bits per heavy atom. The van der Waals surface area contributed by atoms with Gasteiger partial charge in [0.25, 0.3) is 0 Å². The molecule has 0 amide bonds. The lowest BCUT2D eigenvalue weighted by molar-refractivity contribution is -0.697. The third kappa shape index (κ3) is 7.44. The maximum Gasteiger partial charge on any atom is 0.169 e. The molecule has 0 atom stereocenters. The number of aliphatic hydroxyl groups excluding tert-OH is 1. The molecule has 0 aliphatic carbocycles. The van der Waals surface area contributed by atoms with E-state index in [2.05, 4.69) is 36.0 Å². The van der Waals surface area contributed by atoms with Crippen LogP contribution in [0.25, 0.3) is 0 Å². The number of unbranched alkanes of at least 4 members (excludes halogenated alkanes) is 7. The van der Waals surface area contributed by atoms with Crippen LogP contribution in [-0.2, 0) is 6.54 Å². The zero-order valence-electron chi connectivity index (χ0n) is 11.8. The molecule has 1 aromatic heterocycles. The molecule has 0 bridgehead atoms. The van der Waals surface area contributed by atoms with E-state index in [1.807, 2.05) is 0 Å². The summed E-state index contributed by atoms with van der Waals surface area (Å²) in [5.74, 6) is 0. The molecule has 102 valence electrons. The number of hydrogen-bond acceptors (Lipinski definition) is 1. The Bertz CT molecular complexity index is 294. The van der Waals surface area contributed by atoms with Crippen molar-refractivity contribution in [2.24, 2.45) is 0 Å². The minimum atomic E-state index is 0.355. The van der Waals surface area contributed by atoms with Gasteiger partial charge in [-0.05, 0) is 25.3 Å². The van der Waals surface area contributed by atoms with Gasteiger partial charge in [0.05, 0.1) is 0 Å². The molecule has 18 heavy (non-hydrogen) atoms. The molecule has 1 rings (SSSR count). The molecule has 2 heteroatoms. The first kappa shape index (κ1) is 15.2. The third-order valence-corrected chi connectivity index (χ3v) is 3.38. The van der Waals surface area contributed by atoms with Gasteiger partial charge in [-0.15, -0.1) is 0 Å². The molecule has 1 aromatic rings. The fraction of sp³-hybridized carbons (Fsp3) is 0.688. The molecule has 2 nitrogen and oxygen atoms in total. The normalized spacial score (nSPS) is 10.8. The summed E-state index contributed by atoms with van der Waals surface area (Å²) in [5.41, 5.74) is 1.33. The van der Waals surface area contributed by atoms with Gasteiger partial charge in [0.2, 0.25) is 0 Å². The molecule has 0 fully saturated rings. The molecule has 0 aromatic carbocycles. The standard InChI is InChI=1S/C16H28NO/c1-16-10-13-17(14-11-16)12-8-6-4-2-3-5-7-9-15-18/h10-11,13-14,18H,2-9,12,15H2,1H3/q+1. The van der Waals surface area contributed by atoms with Crippen molar-refractivity contribution in [1.82, 2.24) is 0 Å². The lowest BCUT2D eigenvalue weighted by Crippen LogP contribution is -2.32. The summed E-state index contributed by atoms with van der Waals surface area (Å²) < 4.78 is 2.27. The SMILES string of the molecule is Cc1cc[n+](CCCCCCCCCCO)cc1. The van der Waals surface area contributed by atoms with Crippen LogP contribution in [0.5, 0.6) is 0 Å². The van der Waals surface area contributed by atoms with E-state index in [9.17, 15) is 0 Å². The van der Waals surface area contributed by atoms with Crippen molar-refractivity contribution in [3.8, 4) is 0 Å². The van der Waals surface area contributed by atoms with Crippen LogP contribution in [-0.4, -0.2) is 11.7 Å². The zero-order valence-corrected chi connectivity index (χ0v) is 11.8. The second-order valence-electron chi connectivity index (χ2n) is 5.17. The highest BCUT2D eigenvalue weighted by Gasteiger charge is 1.99. The molecule has 1 heterocycles. The van der Waals surface area contributed by atoms with E-state index in [1.165, 1.54) is 50.5 Å². The molecule has 1 N–H and O–H groups in total. The molecule has 0 radical (unpaired) electrons. The van der Waals surface area contributed by atoms with Crippen LogP contribution in [0, 0.1) is 6.92 Å². The van der Waals surface area contributed by atoms with Crippen molar-refractivity contribution in [2.45, 2.75) is 64.8 Å². The zero-order chi connectivity index (χ0) is 13.1. The summed E-state index contributed by atoms with van der Waals surface area (Å²) in [4.78, 5) is 0. The Balaban J connectivity index is 1.91. The summed E-state index contributed by atoms with van der Waals surface area (Å²) in [6.07, 6.45) is 14.4. The first-order chi connectivity index (χ1) is 8.83. The number of nitrogens with zero attached hydrogens (tertiary/aromatic N) is 1. The largest absolute Gasteiger partial charge is 0.396 e. The Labute approximate surface area is 112 Å². The molecule has 0 aliphatic rings. The molecular formula is C16H28NO+. The van der Waals surface area contributed by atoms with Gasteiger partial charge in [-0.1, -0.05) is 32.1 Å². The molecule has 0 saturated carbocycles. The highest BCUT2D eigenvalue weighted by Crippen LogP contribution is 2.08. The number of rotatable bonds is 10. The van der Waals surface area contributed by atoms with Crippen molar-refractivity contribution in [3.05, 3.63) is 30.1 Å². The van der Waals surface area contributed by atoms with Crippen LogP contribution in [0.2, 0.25) is 0 Å². The minimum Gasteiger partial charge on any atom is -0.396 e. The topological polar surface area (TPSA) is 24.1 Å². The lowest BCUT2D eigenvalue weighted by atomic mass is 10.1. The van der Waals surface area contributed by atoms with Gasteiger partial charge in [-0.3, -0.25) is 0 Å². The molecule has 0 spiro atoms. The van der Waals surface area contributed by atoms with E-state index < -0.39 is 0 Å². The second-order valence-corrected chi connectivity index (χ2v) is 5.17. The van der Waals surface area contributed by atoms with Crippen molar-refractivity contribution in [3.63, 3.8) is 0 Å². The van der Waals surface area contributed by atoms with Gasteiger partial charge < -0.3 is 5.11 Å². The smallest absolute Gasteiger partial charge is 0.169 e. The summed E-state index contributed by atoms with van der Waals surface area (Å²) >= 11 is 0. The maximum atomic E-state index is 8.66. The average Bonchev–Trinajstić information content (AvgIpc) is 2.39. The quantitative estimate of drug-likeness (QED) is 0.499. The van der Waals surface area contributed by atoms with Crippen LogP contribution in [0.1, 0.15) is 56.9 Å². The lowest BCUT2D eigenvalue weighted by Gasteiger charge is -2.01. The first-order valence-corrected chi connectivity index (χ1v) is 7.39. The predicted octanol–water partition coefficient (Wildman–Crippen LogP) is 3.40. The van der Waals surface area contributed by atoms with E-state index in [-0.39, 0.29) is 0 Å². The van der Waals surface area contributed by atoms with Gasteiger partial charge in [0, 0.05) is 25.2 Å². The maximum absolute atomic E-state index is 8.66. The number of pyridine rings is 1.